The summed E-state index contributed by atoms with van der Waals surface area (Å²) in [5, 5.41) is 8.80. The third-order valence-corrected chi connectivity index (χ3v) is 3.10. The Labute approximate surface area is 61.0 Å². The van der Waals surface area contributed by atoms with Gasteiger partial charge in [0, 0.05) is 6.54 Å². The molecule has 0 heterocycles. The Bertz CT molecular complexity index is 175. The molecule has 5 heteroatoms. The van der Waals surface area contributed by atoms with E-state index in [1.807, 2.05) is 0 Å². The highest BCUT2D eigenvalue weighted by Gasteiger charge is 2.19. The SMILES string of the molecule is CCCS(=O)(=O)C(O)CN. The second kappa shape index (κ2) is 3.90. The number of aliphatic hydroxyl groups excluding tert-OH is 1. The highest BCUT2D eigenvalue weighted by atomic mass is 32.2. The monoisotopic (exact) mass is 167 g/mol. The minimum atomic E-state index is -3.33. The van der Waals surface area contributed by atoms with E-state index in [1.165, 1.54) is 0 Å². The zero-order chi connectivity index (χ0) is 8.20. The van der Waals surface area contributed by atoms with E-state index in [9.17, 15) is 8.42 Å². The Morgan fingerprint density at radius 2 is 2.10 bits per heavy atom. The summed E-state index contributed by atoms with van der Waals surface area (Å²) in [7, 11) is -3.33. The second-order valence-electron chi connectivity index (χ2n) is 2.06. The van der Waals surface area contributed by atoms with Crippen LogP contribution in [0.4, 0.5) is 0 Å². The van der Waals surface area contributed by atoms with Crippen molar-refractivity contribution in [2.45, 2.75) is 18.8 Å². The molecule has 0 aliphatic rings. The molecule has 0 aromatic heterocycles. The molecule has 0 aliphatic heterocycles. The molecule has 3 N–H and O–H groups in total. The molecular formula is C5H13NO3S. The van der Waals surface area contributed by atoms with Gasteiger partial charge < -0.3 is 10.8 Å². The van der Waals surface area contributed by atoms with E-state index in [0.29, 0.717) is 6.42 Å². The lowest BCUT2D eigenvalue weighted by molar-refractivity contribution is 0.256. The van der Waals surface area contributed by atoms with Gasteiger partial charge in [-0.1, -0.05) is 6.92 Å². The van der Waals surface area contributed by atoms with Crippen LogP contribution in [-0.2, 0) is 9.84 Å². The standard InChI is InChI=1S/C5H13NO3S/c1-2-3-10(8,9)5(7)4-6/h5,7H,2-4,6H2,1H3. The molecule has 0 spiro atoms. The van der Waals surface area contributed by atoms with Crippen molar-refractivity contribution in [3.05, 3.63) is 0 Å². The smallest absolute Gasteiger partial charge is 0.178 e. The van der Waals surface area contributed by atoms with E-state index in [4.69, 9.17) is 10.8 Å². The zero-order valence-electron chi connectivity index (χ0n) is 5.95. The number of rotatable bonds is 4. The third kappa shape index (κ3) is 2.64. The minimum Gasteiger partial charge on any atom is -0.376 e. The second-order valence-corrected chi connectivity index (χ2v) is 4.34. The molecule has 4 nitrogen and oxygen atoms in total. The zero-order valence-corrected chi connectivity index (χ0v) is 6.76. The number of hydrogen-bond donors (Lipinski definition) is 2. The maximum atomic E-state index is 10.8. The first-order valence-electron chi connectivity index (χ1n) is 3.14. The van der Waals surface area contributed by atoms with Crippen LogP contribution in [0.5, 0.6) is 0 Å². The third-order valence-electron chi connectivity index (χ3n) is 1.10. The number of hydrogen-bond acceptors (Lipinski definition) is 4. The fourth-order valence-corrected chi connectivity index (χ4v) is 1.70. The molecule has 0 aromatic carbocycles. The normalized spacial score (nSPS) is 15.1. The van der Waals surface area contributed by atoms with Crippen LogP contribution in [0, 0.1) is 0 Å². The lowest BCUT2D eigenvalue weighted by Gasteiger charge is -2.06. The summed E-state index contributed by atoms with van der Waals surface area (Å²) in [6.07, 6.45) is 0.513. The highest BCUT2D eigenvalue weighted by Crippen LogP contribution is 1.98. The number of nitrogens with two attached hydrogens (primary N) is 1. The molecule has 0 aliphatic carbocycles. The molecule has 0 saturated heterocycles. The maximum Gasteiger partial charge on any atom is 0.178 e. The first-order valence-corrected chi connectivity index (χ1v) is 4.85. The van der Waals surface area contributed by atoms with Crippen LogP contribution in [0.15, 0.2) is 0 Å². The van der Waals surface area contributed by atoms with Gasteiger partial charge in [0.25, 0.3) is 0 Å². The predicted molar refractivity (Wildman–Crippen MR) is 39.1 cm³/mol. The van der Waals surface area contributed by atoms with Crippen LogP contribution in [0.2, 0.25) is 0 Å². The van der Waals surface area contributed by atoms with Gasteiger partial charge in [-0.3, -0.25) is 0 Å². The fraction of sp³-hybridized carbons (Fsp3) is 1.00. The average Bonchev–Trinajstić information content (AvgIpc) is 1.86. The van der Waals surface area contributed by atoms with Crippen molar-refractivity contribution in [1.29, 1.82) is 0 Å². The van der Waals surface area contributed by atoms with Gasteiger partial charge in [-0.15, -0.1) is 0 Å². The van der Waals surface area contributed by atoms with Gasteiger partial charge in [0.15, 0.2) is 15.3 Å². The molecule has 0 radical (unpaired) electrons. The maximum absolute atomic E-state index is 10.8. The van der Waals surface area contributed by atoms with Crippen molar-refractivity contribution in [2.75, 3.05) is 12.3 Å². The molecule has 0 bridgehead atoms. The molecule has 0 aromatic rings. The van der Waals surface area contributed by atoms with E-state index in [2.05, 4.69) is 0 Å². The van der Waals surface area contributed by atoms with Crippen LogP contribution in [0.1, 0.15) is 13.3 Å². The van der Waals surface area contributed by atoms with Gasteiger partial charge in [-0.2, -0.15) is 0 Å². The molecule has 10 heavy (non-hydrogen) atoms. The van der Waals surface area contributed by atoms with Crippen LogP contribution in [0.3, 0.4) is 0 Å². The predicted octanol–water partition coefficient (Wildman–Crippen LogP) is -0.912. The van der Waals surface area contributed by atoms with Crippen molar-refractivity contribution >= 4 is 9.84 Å². The molecule has 0 fully saturated rings. The first-order chi connectivity index (χ1) is 4.54. The molecule has 0 rings (SSSR count). The van der Waals surface area contributed by atoms with Crippen LogP contribution < -0.4 is 5.73 Å². The summed E-state index contributed by atoms with van der Waals surface area (Å²) in [6, 6.07) is 0. The Hall–Kier alpha value is -0.130. The highest BCUT2D eigenvalue weighted by molar-refractivity contribution is 7.91. The summed E-state index contributed by atoms with van der Waals surface area (Å²) in [5.41, 5.74) is 3.58. The first kappa shape index (κ1) is 9.87. The topological polar surface area (TPSA) is 80.4 Å². The van der Waals surface area contributed by atoms with Gasteiger partial charge in [0.05, 0.1) is 5.75 Å². The van der Waals surface area contributed by atoms with Gasteiger partial charge in [0.2, 0.25) is 0 Å². The van der Waals surface area contributed by atoms with E-state index in [0.717, 1.165) is 0 Å². The molecule has 62 valence electrons. The summed E-state index contributed by atoms with van der Waals surface area (Å²) in [4.78, 5) is 0. The van der Waals surface area contributed by atoms with Crippen molar-refractivity contribution in [1.82, 2.24) is 0 Å². The summed E-state index contributed by atoms with van der Waals surface area (Å²) in [5.74, 6) is 0.00532. The van der Waals surface area contributed by atoms with E-state index in [1.54, 1.807) is 6.92 Å². The summed E-state index contributed by atoms with van der Waals surface area (Å²) >= 11 is 0. The van der Waals surface area contributed by atoms with E-state index >= 15 is 0 Å². The summed E-state index contributed by atoms with van der Waals surface area (Å²) < 4.78 is 21.7. The van der Waals surface area contributed by atoms with Crippen molar-refractivity contribution in [3.63, 3.8) is 0 Å². The Balaban J connectivity index is 4.12. The van der Waals surface area contributed by atoms with Crippen LogP contribution >= 0.6 is 0 Å². The summed E-state index contributed by atoms with van der Waals surface area (Å²) in [6.45, 7) is 1.52. The largest absolute Gasteiger partial charge is 0.376 e. The van der Waals surface area contributed by atoms with Gasteiger partial charge in [-0.05, 0) is 6.42 Å². The van der Waals surface area contributed by atoms with Gasteiger partial charge in [0.1, 0.15) is 0 Å². The van der Waals surface area contributed by atoms with Gasteiger partial charge >= 0.3 is 0 Å². The molecule has 1 unspecified atom stereocenters. The average molecular weight is 167 g/mol. The number of aliphatic hydroxyl groups is 1. The molecule has 1 atom stereocenters. The lowest BCUT2D eigenvalue weighted by Crippen LogP contribution is -2.30. The Morgan fingerprint density at radius 1 is 1.60 bits per heavy atom. The molecular weight excluding hydrogens is 154 g/mol. The fourth-order valence-electron chi connectivity index (χ4n) is 0.567. The molecule has 0 saturated carbocycles. The quantitative estimate of drug-likeness (QED) is 0.568. The Kier molecular flexibility index (Phi) is 3.85. The minimum absolute atomic E-state index is 0.00532. The van der Waals surface area contributed by atoms with Crippen molar-refractivity contribution in [2.24, 2.45) is 5.73 Å². The van der Waals surface area contributed by atoms with E-state index < -0.39 is 15.3 Å². The Morgan fingerprint density at radius 3 is 2.40 bits per heavy atom. The van der Waals surface area contributed by atoms with E-state index in [-0.39, 0.29) is 12.3 Å². The van der Waals surface area contributed by atoms with Crippen molar-refractivity contribution in [3.8, 4) is 0 Å². The number of sulfone groups is 1. The molecule has 0 amide bonds. The van der Waals surface area contributed by atoms with Crippen LogP contribution in [0.25, 0.3) is 0 Å². The van der Waals surface area contributed by atoms with Gasteiger partial charge in [-0.25, -0.2) is 8.42 Å². The lowest BCUT2D eigenvalue weighted by atomic mass is 10.6. The van der Waals surface area contributed by atoms with Crippen LogP contribution in [-0.4, -0.2) is 31.3 Å². The van der Waals surface area contributed by atoms with Crippen molar-refractivity contribution < 1.29 is 13.5 Å².